The van der Waals surface area contributed by atoms with E-state index in [0.717, 1.165) is 6.54 Å². The Labute approximate surface area is 84.4 Å². The highest BCUT2D eigenvalue weighted by atomic mass is 19.3. The Morgan fingerprint density at radius 1 is 1.36 bits per heavy atom. The second kappa shape index (κ2) is 4.11. The van der Waals surface area contributed by atoms with E-state index in [1.807, 2.05) is 11.8 Å². The first-order valence-corrected chi connectivity index (χ1v) is 5.19. The van der Waals surface area contributed by atoms with Crippen molar-refractivity contribution in [3.8, 4) is 0 Å². The van der Waals surface area contributed by atoms with Gasteiger partial charge in [-0.25, -0.2) is 8.78 Å². The van der Waals surface area contributed by atoms with Gasteiger partial charge in [0, 0.05) is 12.6 Å². The van der Waals surface area contributed by atoms with E-state index in [9.17, 15) is 8.78 Å². The molecule has 0 aromatic rings. The van der Waals surface area contributed by atoms with Crippen molar-refractivity contribution in [1.29, 1.82) is 0 Å². The zero-order valence-corrected chi connectivity index (χ0v) is 9.13. The zero-order chi connectivity index (χ0) is 10.9. The van der Waals surface area contributed by atoms with Crippen LogP contribution in [-0.2, 0) is 0 Å². The van der Waals surface area contributed by atoms with Crippen LogP contribution in [0.1, 0.15) is 20.8 Å². The number of hydrogen-bond acceptors (Lipinski definition) is 2. The summed E-state index contributed by atoms with van der Waals surface area (Å²) in [5.41, 5.74) is 5.02. The Morgan fingerprint density at radius 2 is 1.93 bits per heavy atom. The van der Waals surface area contributed by atoms with Crippen LogP contribution in [0.25, 0.3) is 0 Å². The predicted octanol–water partition coefficient (Wildman–Crippen LogP) is 1.56. The average molecular weight is 206 g/mol. The molecule has 14 heavy (non-hydrogen) atoms. The number of halogens is 2. The number of likely N-dealkylation sites (tertiary alicyclic amines) is 1. The van der Waals surface area contributed by atoms with E-state index in [0.29, 0.717) is 11.8 Å². The highest BCUT2D eigenvalue weighted by molar-refractivity contribution is 4.88. The van der Waals surface area contributed by atoms with Crippen LogP contribution in [-0.4, -0.2) is 36.5 Å². The molecule has 0 radical (unpaired) electrons. The lowest BCUT2D eigenvalue weighted by Gasteiger charge is -2.27. The van der Waals surface area contributed by atoms with Gasteiger partial charge < -0.3 is 5.73 Å². The molecule has 2 nitrogen and oxygen atoms in total. The predicted molar refractivity (Wildman–Crippen MR) is 53.4 cm³/mol. The number of nitrogens with two attached hydrogens (primary N) is 1. The van der Waals surface area contributed by atoms with Gasteiger partial charge in [0.15, 0.2) is 0 Å². The van der Waals surface area contributed by atoms with Gasteiger partial charge in [0.05, 0.1) is 13.1 Å². The van der Waals surface area contributed by atoms with Crippen LogP contribution < -0.4 is 5.73 Å². The van der Waals surface area contributed by atoms with Crippen molar-refractivity contribution in [2.75, 3.05) is 19.6 Å². The molecule has 0 spiro atoms. The molecule has 0 aromatic carbocycles. The van der Waals surface area contributed by atoms with Crippen molar-refractivity contribution >= 4 is 0 Å². The highest BCUT2D eigenvalue weighted by Crippen LogP contribution is 2.30. The summed E-state index contributed by atoms with van der Waals surface area (Å²) >= 11 is 0. The summed E-state index contributed by atoms with van der Waals surface area (Å²) in [5, 5.41) is 0. The maximum atomic E-state index is 13.1. The lowest BCUT2D eigenvalue weighted by atomic mass is 9.95. The van der Waals surface area contributed by atoms with Gasteiger partial charge in [-0.15, -0.1) is 0 Å². The minimum atomic E-state index is -2.74. The molecule has 1 rings (SSSR count). The van der Waals surface area contributed by atoms with Crippen molar-refractivity contribution in [3.05, 3.63) is 0 Å². The Bertz CT molecular complexity index is 197. The second-order valence-electron chi connectivity index (χ2n) is 4.57. The number of alkyl halides is 2. The summed E-state index contributed by atoms with van der Waals surface area (Å²) in [4.78, 5) is 1.85. The number of nitrogens with zero attached hydrogens (tertiary/aromatic N) is 1. The maximum absolute atomic E-state index is 13.1. The van der Waals surface area contributed by atoms with E-state index in [-0.39, 0.29) is 12.6 Å². The van der Waals surface area contributed by atoms with Gasteiger partial charge in [-0.05, 0) is 18.8 Å². The molecule has 3 atom stereocenters. The summed E-state index contributed by atoms with van der Waals surface area (Å²) in [6.45, 7) is 6.26. The summed E-state index contributed by atoms with van der Waals surface area (Å²) in [6, 6.07) is 0.238. The van der Waals surface area contributed by atoms with Crippen LogP contribution >= 0.6 is 0 Å². The minimum Gasteiger partial charge on any atom is -0.325 e. The van der Waals surface area contributed by atoms with Crippen LogP contribution in [0.4, 0.5) is 8.78 Å². The first-order valence-electron chi connectivity index (χ1n) is 5.19. The van der Waals surface area contributed by atoms with Crippen molar-refractivity contribution in [1.82, 2.24) is 4.90 Å². The molecule has 1 aliphatic heterocycles. The summed E-state index contributed by atoms with van der Waals surface area (Å²) in [7, 11) is 0. The van der Waals surface area contributed by atoms with E-state index < -0.39 is 12.5 Å². The second-order valence-corrected chi connectivity index (χ2v) is 4.57. The van der Waals surface area contributed by atoms with Gasteiger partial charge >= 0.3 is 0 Å². The van der Waals surface area contributed by atoms with Crippen molar-refractivity contribution in [3.63, 3.8) is 0 Å². The minimum absolute atomic E-state index is 0.195. The normalized spacial score (nSPS) is 35.1. The van der Waals surface area contributed by atoms with Gasteiger partial charge in [0.25, 0.3) is 5.92 Å². The van der Waals surface area contributed by atoms with E-state index in [2.05, 4.69) is 13.8 Å². The largest absolute Gasteiger partial charge is 0.325 e. The molecule has 3 unspecified atom stereocenters. The first kappa shape index (κ1) is 11.9. The Kier molecular flexibility index (Phi) is 3.48. The highest BCUT2D eigenvalue weighted by Gasteiger charge is 2.39. The van der Waals surface area contributed by atoms with Gasteiger partial charge in [0.1, 0.15) is 0 Å². The van der Waals surface area contributed by atoms with Crippen LogP contribution in [0.3, 0.4) is 0 Å². The van der Waals surface area contributed by atoms with Crippen LogP contribution in [0, 0.1) is 11.8 Å². The average Bonchev–Trinajstić information content (AvgIpc) is 2.33. The molecule has 1 fully saturated rings. The van der Waals surface area contributed by atoms with Gasteiger partial charge in [-0.3, -0.25) is 4.90 Å². The molecule has 4 heteroatoms. The van der Waals surface area contributed by atoms with Crippen LogP contribution in [0.2, 0.25) is 0 Å². The van der Waals surface area contributed by atoms with Crippen molar-refractivity contribution in [2.45, 2.75) is 32.7 Å². The molecule has 2 N–H and O–H groups in total. The third-order valence-corrected chi connectivity index (χ3v) is 3.49. The third kappa shape index (κ3) is 2.42. The third-order valence-electron chi connectivity index (χ3n) is 3.49. The lowest BCUT2D eigenvalue weighted by molar-refractivity contribution is -0.0268. The zero-order valence-electron chi connectivity index (χ0n) is 9.13. The molecule has 84 valence electrons. The fourth-order valence-electron chi connectivity index (χ4n) is 2.08. The number of rotatable bonds is 3. The van der Waals surface area contributed by atoms with Gasteiger partial charge in [0.2, 0.25) is 0 Å². The van der Waals surface area contributed by atoms with Crippen LogP contribution in [0.15, 0.2) is 0 Å². The molecular weight excluding hydrogens is 186 g/mol. The monoisotopic (exact) mass is 206 g/mol. The molecule has 0 aromatic heterocycles. The first-order chi connectivity index (χ1) is 6.37. The quantitative estimate of drug-likeness (QED) is 0.759. The van der Waals surface area contributed by atoms with Crippen molar-refractivity contribution < 1.29 is 8.78 Å². The molecule has 1 saturated heterocycles. The van der Waals surface area contributed by atoms with E-state index in [4.69, 9.17) is 5.73 Å². The fraction of sp³-hybridized carbons (Fsp3) is 1.00. The SMILES string of the molecule is CC1CN(CC(F)(F)CN)C(C)C1C. The van der Waals surface area contributed by atoms with Gasteiger partial charge in [-0.1, -0.05) is 13.8 Å². The topological polar surface area (TPSA) is 29.3 Å². The molecule has 0 saturated carbocycles. The summed E-state index contributed by atoms with van der Waals surface area (Å²) < 4.78 is 26.1. The summed E-state index contributed by atoms with van der Waals surface area (Å²) in [5.74, 6) is -1.75. The fourth-order valence-corrected chi connectivity index (χ4v) is 2.08. The molecule has 1 heterocycles. The van der Waals surface area contributed by atoms with Gasteiger partial charge in [-0.2, -0.15) is 0 Å². The number of hydrogen-bond donors (Lipinski definition) is 1. The van der Waals surface area contributed by atoms with Crippen molar-refractivity contribution in [2.24, 2.45) is 17.6 Å². The molecule has 0 amide bonds. The molecular formula is C10H20F2N2. The molecule has 0 aliphatic carbocycles. The smallest absolute Gasteiger partial charge is 0.272 e. The molecule has 0 bridgehead atoms. The lowest BCUT2D eigenvalue weighted by Crippen LogP contribution is -2.43. The van der Waals surface area contributed by atoms with E-state index >= 15 is 0 Å². The van der Waals surface area contributed by atoms with Crippen LogP contribution in [0.5, 0.6) is 0 Å². The Hall–Kier alpha value is -0.220. The maximum Gasteiger partial charge on any atom is 0.272 e. The van der Waals surface area contributed by atoms with E-state index in [1.165, 1.54) is 0 Å². The molecule has 1 aliphatic rings. The standard InChI is InChI=1S/C10H20F2N2/c1-7-4-14(9(3)8(7)2)6-10(11,12)5-13/h7-9H,4-6,13H2,1-3H3. The van der Waals surface area contributed by atoms with E-state index in [1.54, 1.807) is 0 Å². The summed E-state index contributed by atoms with van der Waals surface area (Å²) in [6.07, 6.45) is 0. The Morgan fingerprint density at radius 3 is 2.29 bits per heavy atom. The Balaban J connectivity index is 2.55.